The molecule has 9 heteroatoms. The van der Waals surface area contributed by atoms with E-state index in [0.717, 1.165) is 50.9 Å². The van der Waals surface area contributed by atoms with Crippen LogP contribution in [0.2, 0.25) is 0 Å². The SMILES string of the molecule is O=C(Nc1ccc2oc(=O)n(CC(=O)N3CCCCC3)c2c1)c1cc(C2CC2)[nH]n1. The van der Waals surface area contributed by atoms with E-state index in [2.05, 4.69) is 15.5 Å². The average molecular weight is 409 g/mol. The van der Waals surface area contributed by atoms with Crippen molar-refractivity contribution in [2.75, 3.05) is 18.4 Å². The highest BCUT2D eigenvalue weighted by Crippen LogP contribution is 2.39. The number of anilines is 1. The molecule has 0 bridgehead atoms. The number of fused-ring (bicyclic) bond motifs is 1. The highest BCUT2D eigenvalue weighted by molar-refractivity contribution is 6.03. The lowest BCUT2D eigenvalue weighted by molar-refractivity contribution is -0.132. The Morgan fingerprint density at radius 1 is 1.17 bits per heavy atom. The van der Waals surface area contributed by atoms with Crippen molar-refractivity contribution in [3.8, 4) is 0 Å². The van der Waals surface area contributed by atoms with E-state index in [1.807, 2.05) is 0 Å². The number of carbonyl (C=O) groups excluding carboxylic acids is 2. The molecule has 2 fully saturated rings. The molecule has 156 valence electrons. The van der Waals surface area contributed by atoms with Crippen molar-refractivity contribution < 1.29 is 14.0 Å². The molecule has 1 aromatic carbocycles. The minimum Gasteiger partial charge on any atom is -0.408 e. The minimum absolute atomic E-state index is 0.0760. The van der Waals surface area contributed by atoms with Crippen molar-refractivity contribution in [3.05, 3.63) is 46.2 Å². The number of hydrogen-bond acceptors (Lipinski definition) is 5. The molecule has 9 nitrogen and oxygen atoms in total. The average Bonchev–Trinajstić information content (AvgIpc) is 3.41. The third-order valence-corrected chi connectivity index (χ3v) is 5.77. The van der Waals surface area contributed by atoms with Gasteiger partial charge in [-0.25, -0.2) is 4.79 Å². The third-order valence-electron chi connectivity index (χ3n) is 5.77. The first-order chi connectivity index (χ1) is 14.6. The van der Waals surface area contributed by atoms with Gasteiger partial charge in [-0.2, -0.15) is 5.10 Å². The number of likely N-dealkylation sites (tertiary alicyclic amines) is 1. The second-order valence-corrected chi connectivity index (χ2v) is 8.01. The van der Waals surface area contributed by atoms with Gasteiger partial charge in [0.1, 0.15) is 6.54 Å². The molecule has 0 spiro atoms. The van der Waals surface area contributed by atoms with Gasteiger partial charge in [0.25, 0.3) is 5.91 Å². The second kappa shape index (κ2) is 7.47. The number of oxazole rings is 1. The summed E-state index contributed by atoms with van der Waals surface area (Å²) < 4.78 is 6.60. The maximum atomic E-state index is 12.6. The summed E-state index contributed by atoms with van der Waals surface area (Å²) in [5.74, 6) is -0.536. The van der Waals surface area contributed by atoms with Crippen LogP contribution in [0.5, 0.6) is 0 Å². The molecule has 3 heterocycles. The number of aromatic amines is 1. The van der Waals surface area contributed by atoms with E-state index < -0.39 is 5.76 Å². The van der Waals surface area contributed by atoms with Crippen molar-refractivity contribution in [1.29, 1.82) is 0 Å². The number of hydrogen-bond donors (Lipinski definition) is 2. The van der Waals surface area contributed by atoms with Crippen molar-refractivity contribution in [2.24, 2.45) is 0 Å². The fourth-order valence-corrected chi connectivity index (χ4v) is 3.92. The van der Waals surface area contributed by atoms with Gasteiger partial charge in [0, 0.05) is 30.4 Å². The minimum atomic E-state index is -0.583. The molecule has 1 aliphatic heterocycles. The van der Waals surface area contributed by atoms with E-state index in [4.69, 9.17) is 4.42 Å². The van der Waals surface area contributed by atoms with Gasteiger partial charge < -0.3 is 14.6 Å². The molecular formula is C21H23N5O4. The zero-order valence-electron chi connectivity index (χ0n) is 16.5. The zero-order chi connectivity index (χ0) is 20.7. The van der Waals surface area contributed by atoms with Gasteiger partial charge in [0.2, 0.25) is 5.91 Å². The van der Waals surface area contributed by atoms with Crippen LogP contribution in [0, 0.1) is 0 Å². The lowest BCUT2D eigenvalue weighted by atomic mass is 10.1. The van der Waals surface area contributed by atoms with E-state index in [9.17, 15) is 14.4 Å². The van der Waals surface area contributed by atoms with Gasteiger partial charge in [0.15, 0.2) is 11.3 Å². The van der Waals surface area contributed by atoms with Crippen LogP contribution in [0.15, 0.2) is 33.5 Å². The summed E-state index contributed by atoms with van der Waals surface area (Å²) in [5, 5.41) is 9.81. The number of benzene rings is 1. The number of aromatic nitrogens is 3. The molecule has 0 radical (unpaired) electrons. The van der Waals surface area contributed by atoms with E-state index in [1.165, 1.54) is 4.57 Å². The van der Waals surface area contributed by atoms with Crippen LogP contribution in [0.3, 0.4) is 0 Å². The van der Waals surface area contributed by atoms with Crippen LogP contribution in [0.4, 0.5) is 5.69 Å². The largest absolute Gasteiger partial charge is 0.420 e. The number of rotatable bonds is 5. The molecule has 5 rings (SSSR count). The molecule has 30 heavy (non-hydrogen) atoms. The molecule has 2 aromatic heterocycles. The Hall–Kier alpha value is -3.36. The summed E-state index contributed by atoms with van der Waals surface area (Å²) in [6.45, 7) is 1.36. The lowest BCUT2D eigenvalue weighted by Crippen LogP contribution is -2.39. The molecule has 2 N–H and O–H groups in total. The standard InChI is InChI=1S/C21H23N5O4/c27-19(25-8-2-1-3-9-25)12-26-17-10-14(6-7-18(17)30-21(26)29)22-20(28)16-11-15(23-24-16)13-4-5-13/h6-7,10-11,13H,1-5,8-9,12H2,(H,22,28)(H,23,24). The highest BCUT2D eigenvalue weighted by atomic mass is 16.4. The molecule has 1 saturated heterocycles. The fourth-order valence-electron chi connectivity index (χ4n) is 3.92. The number of piperidine rings is 1. The quantitative estimate of drug-likeness (QED) is 0.672. The second-order valence-electron chi connectivity index (χ2n) is 8.01. The zero-order valence-corrected chi connectivity index (χ0v) is 16.5. The first-order valence-electron chi connectivity index (χ1n) is 10.4. The first kappa shape index (κ1) is 18.7. The molecule has 2 aliphatic rings. The van der Waals surface area contributed by atoms with Crippen LogP contribution >= 0.6 is 0 Å². The van der Waals surface area contributed by atoms with Gasteiger partial charge in [-0.3, -0.25) is 19.3 Å². The Balaban J connectivity index is 1.36. The van der Waals surface area contributed by atoms with Crippen molar-refractivity contribution in [1.82, 2.24) is 19.7 Å². The highest BCUT2D eigenvalue weighted by Gasteiger charge is 2.26. The van der Waals surface area contributed by atoms with Gasteiger partial charge in [0.05, 0.1) is 5.52 Å². The van der Waals surface area contributed by atoms with Crippen molar-refractivity contribution >= 4 is 28.6 Å². The van der Waals surface area contributed by atoms with Gasteiger partial charge in [-0.05, 0) is 56.4 Å². The van der Waals surface area contributed by atoms with E-state index in [1.54, 1.807) is 29.2 Å². The van der Waals surface area contributed by atoms with Gasteiger partial charge in [-0.15, -0.1) is 0 Å². The number of amides is 2. The van der Waals surface area contributed by atoms with Gasteiger partial charge in [-0.1, -0.05) is 0 Å². The summed E-state index contributed by atoms with van der Waals surface area (Å²) in [6.07, 6.45) is 5.33. The number of carbonyl (C=O) groups is 2. The molecule has 1 saturated carbocycles. The normalized spacial score (nSPS) is 16.7. The van der Waals surface area contributed by atoms with Crippen molar-refractivity contribution in [2.45, 2.75) is 44.6 Å². The fraction of sp³-hybridized carbons (Fsp3) is 0.429. The Kier molecular flexibility index (Phi) is 4.65. The molecule has 3 aromatic rings. The monoisotopic (exact) mass is 409 g/mol. The van der Waals surface area contributed by atoms with E-state index in [0.29, 0.717) is 28.4 Å². The molecule has 2 amide bonds. The Labute approximate surface area is 172 Å². The molecule has 1 aliphatic carbocycles. The van der Waals surface area contributed by atoms with E-state index in [-0.39, 0.29) is 18.4 Å². The van der Waals surface area contributed by atoms with Gasteiger partial charge >= 0.3 is 5.76 Å². The summed E-state index contributed by atoms with van der Waals surface area (Å²) in [6, 6.07) is 6.70. The topological polar surface area (TPSA) is 113 Å². The maximum absolute atomic E-state index is 12.6. The van der Waals surface area contributed by atoms with Crippen LogP contribution in [-0.2, 0) is 11.3 Å². The Morgan fingerprint density at radius 2 is 1.97 bits per heavy atom. The van der Waals surface area contributed by atoms with Crippen LogP contribution in [0.1, 0.15) is 54.2 Å². The number of H-pyrrole nitrogens is 1. The molecular weight excluding hydrogens is 386 g/mol. The predicted octanol–water partition coefficient (Wildman–Crippen LogP) is 2.46. The third kappa shape index (κ3) is 3.62. The Morgan fingerprint density at radius 3 is 2.73 bits per heavy atom. The van der Waals surface area contributed by atoms with Crippen molar-refractivity contribution in [3.63, 3.8) is 0 Å². The smallest absolute Gasteiger partial charge is 0.408 e. The predicted molar refractivity (Wildman–Crippen MR) is 109 cm³/mol. The summed E-state index contributed by atoms with van der Waals surface area (Å²) in [4.78, 5) is 39.2. The van der Waals surface area contributed by atoms with Crippen LogP contribution in [0.25, 0.3) is 11.1 Å². The van der Waals surface area contributed by atoms with Crippen LogP contribution in [-0.4, -0.2) is 44.6 Å². The molecule has 0 unspecified atom stereocenters. The summed E-state index contributed by atoms with van der Waals surface area (Å²) >= 11 is 0. The maximum Gasteiger partial charge on any atom is 0.420 e. The number of nitrogens with zero attached hydrogens (tertiary/aromatic N) is 3. The Bertz CT molecular complexity index is 1160. The van der Waals surface area contributed by atoms with Crippen LogP contribution < -0.4 is 11.1 Å². The summed E-state index contributed by atoms with van der Waals surface area (Å²) in [5.41, 5.74) is 2.66. The lowest BCUT2D eigenvalue weighted by Gasteiger charge is -2.26. The molecule has 0 atom stereocenters. The number of nitrogens with one attached hydrogen (secondary N) is 2. The summed E-state index contributed by atoms with van der Waals surface area (Å²) in [7, 11) is 0. The van der Waals surface area contributed by atoms with E-state index >= 15 is 0 Å². The first-order valence-corrected chi connectivity index (χ1v) is 10.4.